The fraction of sp³-hybridized carbons (Fsp3) is 0.688. The summed E-state index contributed by atoms with van der Waals surface area (Å²) in [5, 5.41) is 3.06. The minimum absolute atomic E-state index is 0.0929. The van der Waals surface area contributed by atoms with Crippen LogP contribution in [0.25, 0.3) is 0 Å². The van der Waals surface area contributed by atoms with Crippen LogP contribution in [0, 0.1) is 5.92 Å². The van der Waals surface area contributed by atoms with Crippen LogP contribution in [-0.4, -0.2) is 50.2 Å². The van der Waals surface area contributed by atoms with Gasteiger partial charge in [-0.05, 0) is 36.8 Å². The predicted octanol–water partition coefficient (Wildman–Crippen LogP) is 1.93. The van der Waals surface area contributed by atoms with Gasteiger partial charge in [0.1, 0.15) is 0 Å². The molecule has 2 heterocycles. The molecule has 0 bridgehead atoms. The molecule has 1 aromatic rings. The summed E-state index contributed by atoms with van der Waals surface area (Å²) in [7, 11) is 0. The van der Waals surface area contributed by atoms with Crippen molar-refractivity contribution in [3.63, 3.8) is 0 Å². The summed E-state index contributed by atoms with van der Waals surface area (Å²) in [5.74, 6) is 0.847. The Bertz CT molecular complexity index is 494. The number of rotatable bonds is 4. The molecule has 1 aliphatic heterocycles. The quantitative estimate of drug-likeness (QED) is 0.924. The maximum absolute atomic E-state index is 12.2. The molecule has 0 spiro atoms. The standard InChI is InChI=1S/C16H24N2O2S/c1-12-2-3-14-13(10-12)11-15(21-14)16(19)17-4-5-18-6-8-20-9-7-18/h11-12H,2-10H2,1H3,(H,17,19)/t12-/m1/s1. The lowest BCUT2D eigenvalue weighted by Crippen LogP contribution is -2.41. The zero-order valence-electron chi connectivity index (χ0n) is 12.7. The first-order chi connectivity index (χ1) is 10.2. The lowest BCUT2D eigenvalue weighted by atomic mass is 9.90. The van der Waals surface area contributed by atoms with Crippen LogP contribution in [0.5, 0.6) is 0 Å². The Morgan fingerprint density at radius 1 is 1.48 bits per heavy atom. The second-order valence-electron chi connectivity index (χ2n) is 6.12. The third-order valence-corrected chi connectivity index (χ3v) is 5.61. The van der Waals surface area contributed by atoms with Crippen LogP contribution in [0.2, 0.25) is 0 Å². The van der Waals surface area contributed by atoms with E-state index in [1.54, 1.807) is 11.3 Å². The lowest BCUT2D eigenvalue weighted by Gasteiger charge is -2.26. The molecule has 3 rings (SSSR count). The number of nitrogens with one attached hydrogen (secondary N) is 1. The van der Waals surface area contributed by atoms with Crippen molar-refractivity contribution in [2.24, 2.45) is 5.92 Å². The van der Waals surface area contributed by atoms with Crippen molar-refractivity contribution in [3.05, 3.63) is 21.4 Å². The van der Waals surface area contributed by atoms with Crippen LogP contribution in [0.15, 0.2) is 6.07 Å². The second-order valence-corrected chi connectivity index (χ2v) is 7.25. The molecule has 0 unspecified atom stereocenters. The van der Waals surface area contributed by atoms with Crippen molar-refractivity contribution < 1.29 is 9.53 Å². The minimum atomic E-state index is 0.0929. The minimum Gasteiger partial charge on any atom is -0.379 e. The summed E-state index contributed by atoms with van der Waals surface area (Å²) in [4.78, 5) is 16.9. The number of morpholine rings is 1. The van der Waals surface area contributed by atoms with Gasteiger partial charge >= 0.3 is 0 Å². The number of thiophene rings is 1. The van der Waals surface area contributed by atoms with E-state index in [0.29, 0.717) is 0 Å². The smallest absolute Gasteiger partial charge is 0.261 e. The molecule has 1 aliphatic carbocycles. The number of carbonyl (C=O) groups excluding carboxylic acids is 1. The third-order valence-electron chi connectivity index (χ3n) is 4.37. The van der Waals surface area contributed by atoms with Crippen molar-refractivity contribution in [1.29, 1.82) is 0 Å². The van der Waals surface area contributed by atoms with E-state index >= 15 is 0 Å². The molecule has 5 heteroatoms. The topological polar surface area (TPSA) is 41.6 Å². The van der Waals surface area contributed by atoms with Crippen molar-refractivity contribution in [2.45, 2.75) is 26.2 Å². The number of hydrogen-bond acceptors (Lipinski definition) is 4. The summed E-state index contributed by atoms with van der Waals surface area (Å²) >= 11 is 1.69. The van der Waals surface area contributed by atoms with Crippen LogP contribution < -0.4 is 5.32 Å². The molecule has 0 radical (unpaired) electrons. The van der Waals surface area contributed by atoms with Gasteiger partial charge in [0.25, 0.3) is 5.91 Å². The molecule has 1 N–H and O–H groups in total. The van der Waals surface area contributed by atoms with Crippen LogP contribution >= 0.6 is 11.3 Å². The van der Waals surface area contributed by atoms with E-state index < -0.39 is 0 Å². The fourth-order valence-corrected chi connectivity index (χ4v) is 4.18. The maximum Gasteiger partial charge on any atom is 0.261 e. The average Bonchev–Trinajstić information content (AvgIpc) is 2.91. The molecule has 4 nitrogen and oxygen atoms in total. The highest BCUT2D eigenvalue weighted by molar-refractivity contribution is 7.14. The molecular formula is C16H24N2O2S. The Hall–Kier alpha value is -0.910. The molecule has 116 valence electrons. The highest BCUT2D eigenvalue weighted by Gasteiger charge is 2.20. The first kappa shape index (κ1) is 15.0. The zero-order valence-corrected chi connectivity index (χ0v) is 13.5. The molecule has 1 atom stereocenters. The Morgan fingerprint density at radius 3 is 3.10 bits per heavy atom. The van der Waals surface area contributed by atoms with E-state index in [0.717, 1.165) is 63.0 Å². The first-order valence-electron chi connectivity index (χ1n) is 7.92. The van der Waals surface area contributed by atoms with Gasteiger partial charge in [-0.25, -0.2) is 0 Å². The number of aryl methyl sites for hydroxylation is 1. The zero-order chi connectivity index (χ0) is 14.7. The van der Waals surface area contributed by atoms with E-state index in [-0.39, 0.29) is 5.91 Å². The van der Waals surface area contributed by atoms with E-state index in [9.17, 15) is 4.79 Å². The Balaban J connectivity index is 1.49. The second kappa shape index (κ2) is 6.90. The third kappa shape index (κ3) is 3.84. The van der Waals surface area contributed by atoms with Crippen LogP contribution in [0.4, 0.5) is 0 Å². The van der Waals surface area contributed by atoms with E-state index in [1.807, 2.05) is 0 Å². The van der Waals surface area contributed by atoms with Gasteiger partial charge in [-0.1, -0.05) is 6.92 Å². The summed E-state index contributed by atoms with van der Waals surface area (Å²) in [6, 6.07) is 2.11. The van der Waals surface area contributed by atoms with Gasteiger partial charge in [-0.3, -0.25) is 9.69 Å². The molecule has 0 saturated carbocycles. The number of carbonyl (C=O) groups is 1. The molecule has 2 aliphatic rings. The number of ether oxygens (including phenoxy) is 1. The van der Waals surface area contributed by atoms with Crippen molar-refractivity contribution >= 4 is 17.2 Å². The lowest BCUT2D eigenvalue weighted by molar-refractivity contribution is 0.0383. The average molecular weight is 308 g/mol. The van der Waals surface area contributed by atoms with Gasteiger partial charge in [-0.15, -0.1) is 11.3 Å². The number of hydrogen-bond donors (Lipinski definition) is 1. The Kier molecular flexibility index (Phi) is 4.93. The molecule has 1 amide bonds. The highest BCUT2D eigenvalue weighted by atomic mass is 32.1. The molecular weight excluding hydrogens is 284 g/mol. The van der Waals surface area contributed by atoms with Crippen LogP contribution in [-0.2, 0) is 17.6 Å². The van der Waals surface area contributed by atoms with Crippen molar-refractivity contribution in [1.82, 2.24) is 10.2 Å². The predicted molar refractivity (Wildman–Crippen MR) is 85.1 cm³/mol. The monoisotopic (exact) mass is 308 g/mol. The number of amides is 1. The Labute approximate surface area is 130 Å². The van der Waals surface area contributed by atoms with Gasteiger partial charge < -0.3 is 10.1 Å². The maximum atomic E-state index is 12.2. The van der Waals surface area contributed by atoms with Gasteiger partial charge in [0, 0.05) is 31.1 Å². The van der Waals surface area contributed by atoms with Crippen LogP contribution in [0.1, 0.15) is 33.5 Å². The summed E-state index contributed by atoms with van der Waals surface area (Å²) in [5.41, 5.74) is 1.40. The number of nitrogens with zero attached hydrogens (tertiary/aromatic N) is 1. The van der Waals surface area contributed by atoms with E-state index in [4.69, 9.17) is 4.74 Å². The van der Waals surface area contributed by atoms with Crippen molar-refractivity contribution in [2.75, 3.05) is 39.4 Å². The summed E-state index contributed by atoms with van der Waals surface area (Å²) < 4.78 is 5.32. The van der Waals surface area contributed by atoms with Gasteiger partial charge in [0.2, 0.25) is 0 Å². The van der Waals surface area contributed by atoms with Crippen molar-refractivity contribution in [3.8, 4) is 0 Å². The highest BCUT2D eigenvalue weighted by Crippen LogP contribution is 2.32. The van der Waals surface area contributed by atoms with Gasteiger partial charge in [0.05, 0.1) is 18.1 Å². The molecule has 1 aromatic heterocycles. The van der Waals surface area contributed by atoms with E-state index in [1.165, 1.54) is 16.9 Å². The normalized spacial score (nSPS) is 22.8. The van der Waals surface area contributed by atoms with E-state index in [2.05, 4.69) is 23.2 Å². The molecule has 1 fully saturated rings. The van der Waals surface area contributed by atoms with Gasteiger partial charge in [0.15, 0.2) is 0 Å². The first-order valence-corrected chi connectivity index (χ1v) is 8.74. The molecule has 0 aromatic carbocycles. The SMILES string of the molecule is C[C@@H]1CCc2sc(C(=O)NCCN3CCOCC3)cc2C1. The summed E-state index contributed by atoms with van der Waals surface area (Å²) in [6.07, 6.45) is 3.53. The van der Waals surface area contributed by atoms with Crippen LogP contribution in [0.3, 0.4) is 0 Å². The number of fused-ring (bicyclic) bond motifs is 1. The summed E-state index contributed by atoms with van der Waals surface area (Å²) in [6.45, 7) is 7.49. The van der Waals surface area contributed by atoms with Gasteiger partial charge in [-0.2, -0.15) is 0 Å². The largest absolute Gasteiger partial charge is 0.379 e. The Morgan fingerprint density at radius 2 is 2.29 bits per heavy atom. The fourth-order valence-electron chi connectivity index (χ4n) is 3.06. The molecule has 21 heavy (non-hydrogen) atoms. The molecule has 1 saturated heterocycles.